The van der Waals surface area contributed by atoms with Gasteiger partial charge in [-0.3, -0.25) is 9.59 Å². The van der Waals surface area contributed by atoms with Gasteiger partial charge in [-0.1, -0.05) is 41.5 Å². The fourth-order valence-corrected chi connectivity index (χ4v) is 1.07. The van der Waals surface area contributed by atoms with E-state index in [1.807, 2.05) is 27.7 Å². The third-order valence-electron chi connectivity index (χ3n) is 2.11. The molecule has 2 N–H and O–H groups in total. The Bertz CT molecular complexity index is 218. The van der Waals surface area contributed by atoms with Crippen molar-refractivity contribution < 1.29 is 9.59 Å². The first-order valence-corrected chi connectivity index (χ1v) is 6.98. The number of carbonyl (C=O) groups excluding carboxylic acids is 2. The van der Waals surface area contributed by atoms with E-state index in [0.29, 0.717) is 5.92 Å². The molecule has 0 saturated carbocycles. The number of nitrogens with one attached hydrogen (secondary N) is 2. The molecule has 4 nitrogen and oxygen atoms in total. The van der Waals surface area contributed by atoms with Crippen LogP contribution in [0.3, 0.4) is 0 Å². The Hall–Kier alpha value is -1.06. The molecule has 18 heavy (non-hydrogen) atoms. The topological polar surface area (TPSA) is 58.2 Å². The van der Waals surface area contributed by atoms with Crippen LogP contribution in [-0.2, 0) is 9.59 Å². The first-order valence-electron chi connectivity index (χ1n) is 6.98. The molecule has 2 amide bonds. The van der Waals surface area contributed by atoms with E-state index < -0.39 is 0 Å². The van der Waals surface area contributed by atoms with Gasteiger partial charge in [0.25, 0.3) is 0 Å². The second-order valence-corrected chi connectivity index (χ2v) is 4.75. The molecule has 1 rings (SSSR count). The minimum Gasteiger partial charge on any atom is -0.356 e. The van der Waals surface area contributed by atoms with E-state index in [2.05, 4.69) is 24.5 Å². The fraction of sp³-hybridized carbons (Fsp3) is 0.857. The Morgan fingerprint density at radius 3 is 2.06 bits per heavy atom. The molecule has 1 heterocycles. The van der Waals surface area contributed by atoms with Crippen LogP contribution in [0.1, 0.15) is 54.4 Å². The van der Waals surface area contributed by atoms with Crippen molar-refractivity contribution in [2.45, 2.75) is 54.4 Å². The molecule has 0 radical (unpaired) electrons. The van der Waals surface area contributed by atoms with Crippen LogP contribution >= 0.6 is 0 Å². The smallest absolute Gasteiger partial charge is 0.222 e. The third-order valence-corrected chi connectivity index (χ3v) is 2.11. The van der Waals surface area contributed by atoms with Crippen molar-refractivity contribution in [2.75, 3.05) is 13.1 Å². The van der Waals surface area contributed by atoms with Gasteiger partial charge in [-0.2, -0.15) is 0 Å². The molecule has 0 bridgehead atoms. The summed E-state index contributed by atoms with van der Waals surface area (Å²) in [5, 5.41) is 5.52. The number of hydrogen-bond donors (Lipinski definition) is 2. The molecule has 1 aliphatic rings. The van der Waals surface area contributed by atoms with E-state index in [9.17, 15) is 9.59 Å². The maximum Gasteiger partial charge on any atom is 0.222 e. The van der Waals surface area contributed by atoms with Crippen LogP contribution < -0.4 is 10.6 Å². The molecule has 1 fully saturated rings. The Balaban J connectivity index is 0. The Morgan fingerprint density at radius 2 is 1.83 bits per heavy atom. The Labute approximate surface area is 112 Å². The monoisotopic (exact) mass is 258 g/mol. The van der Waals surface area contributed by atoms with E-state index in [1.165, 1.54) is 0 Å². The molecule has 4 heteroatoms. The summed E-state index contributed by atoms with van der Waals surface area (Å²) in [6, 6.07) is 0. The van der Waals surface area contributed by atoms with Crippen molar-refractivity contribution in [2.24, 2.45) is 11.8 Å². The molecular weight excluding hydrogens is 228 g/mol. The van der Waals surface area contributed by atoms with Crippen molar-refractivity contribution in [1.82, 2.24) is 10.6 Å². The third kappa shape index (κ3) is 13.0. The normalized spacial score (nSPS) is 13.2. The van der Waals surface area contributed by atoms with Gasteiger partial charge in [0.05, 0.1) is 0 Å². The van der Waals surface area contributed by atoms with Gasteiger partial charge in [0.2, 0.25) is 11.8 Å². The highest BCUT2D eigenvalue weighted by molar-refractivity contribution is 5.78. The molecule has 0 aliphatic carbocycles. The lowest BCUT2D eigenvalue weighted by molar-refractivity contribution is -0.124. The van der Waals surface area contributed by atoms with Gasteiger partial charge in [0, 0.05) is 25.4 Å². The molecule has 0 aromatic rings. The summed E-state index contributed by atoms with van der Waals surface area (Å²) < 4.78 is 0. The van der Waals surface area contributed by atoms with Crippen LogP contribution in [0.2, 0.25) is 0 Å². The van der Waals surface area contributed by atoms with Crippen molar-refractivity contribution in [3.05, 3.63) is 0 Å². The minimum atomic E-state index is 0.110. The predicted octanol–water partition coefficient (Wildman–Crippen LogP) is 2.34. The maximum absolute atomic E-state index is 10.9. The van der Waals surface area contributed by atoms with Crippen LogP contribution in [0.4, 0.5) is 0 Å². The fourth-order valence-electron chi connectivity index (χ4n) is 1.07. The number of hydrogen-bond acceptors (Lipinski definition) is 2. The van der Waals surface area contributed by atoms with Crippen LogP contribution in [0.5, 0.6) is 0 Å². The van der Waals surface area contributed by atoms with Gasteiger partial charge >= 0.3 is 0 Å². The van der Waals surface area contributed by atoms with Crippen LogP contribution in [0.25, 0.3) is 0 Å². The van der Waals surface area contributed by atoms with Gasteiger partial charge < -0.3 is 10.6 Å². The largest absolute Gasteiger partial charge is 0.356 e. The quantitative estimate of drug-likeness (QED) is 0.816. The molecule has 108 valence electrons. The standard InChI is InChI=1S/C8H17NO.C4H7NO.C2H6/c1-6(2)5-9-8(10)7(3)4;6-4-2-1-3-5-4;1-2/h6-7H,5H2,1-4H3,(H,9,10);1-3H2,(H,5,6);1-2H3. The molecule has 1 saturated heterocycles. The molecular formula is C14H30N2O2. The summed E-state index contributed by atoms with van der Waals surface area (Å²) in [5.41, 5.74) is 0. The van der Waals surface area contributed by atoms with Gasteiger partial charge in [-0.15, -0.1) is 0 Å². The first-order chi connectivity index (χ1) is 8.43. The highest BCUT2D eigenvalue weighted by Gasteiger charge is 2.06. The van der Waals surface area contributed by atoms with E-state index >= 15 is 0 Å². The second kappa shape index (κ2) is 12.4. The highest BCUT2D eigenvalue weighted by Crippen LogP contribution is 1.93. The number of carbonyl (C=O) groups is 2. The van der Waals surface area contributed by atoms with Crippen LogP contribution in [-0.4, -0.2) is 24.9 Å². The lowest BCUT2D eigenvalue weighted by atomic mass is 10.2. The zero-order chi connectivity index (χ0) is 14.6. The Kier molecular flexibility index (Phi) is 13.3. The van der Waals surface area contributed by atoms with Crippen molar-refractivity contribution in [3.63, 3.8) is 0 Å². The van der Waals surface area contributed by atoms with Gasteiger partial charge in [-0.25, -0.2) is 0 Å². The molecule has 0 aromatic carbocycles. The Morgan fingerprint density at radius 1 is 1.28 bits per heavy atom. The van der Waals surface area contributed by atoms with E-state index in [-0.39, 0.29) is 17.7 Å². The molecule has 0 atom stereocenters. The molecule has 0 unspecified atom stereocenters. The molecule has 1 aliphatic heterocycles. The summed E-state index contributed by atoms with van der Waals surface area (Å²) in [6.45, 7) is 13.6. The van der Waals surface area contributed by atoms with Gasteiger partial charge in [0.1, 0.15) is 0 Å². The average molecular weight is 258 g/mol. The summed E-state index contributed by atoms with van der Waals surface area (Å²) in [5.74, 6) is 1.00. The predicted molar refractivity (Wildman–Crippen MR) is 76.3 cm³/mol. The van der Waals surface area contributed by atoms with E-state index in [4.69, 9.17) is 0 Å². The molecule has 0 aromatic heterocycles. The number of amides is 2. The average Bonchev–Trinajstić information content (AvgIpc) is 2.80. The van der Waals surface area contributed by atoms with Crippen molar-refractivity contribution in [3.8, 4) is 0 Å². The summed E-state index contributed by atoms with van der Waals surface area (Å²) >= 11 is 0. The minimum absolute atomic E-state index is 0.110. The first kappa shape index (κ1) is 19.3. The lowest BCUT2D eigenvalue weighted by Crippen LogP contribution is -2.30. The van der Waals surface area contributed by atoms with E-state index in [1.54, 1.807) is 0 Å². The van der Waals surface area contributed by atoms with Crippen molar-refractivity contribution >= 4 is 11.8 Å². The number of rotatable bonds is 3. The van der Waals surface area contributed by atoms with Gasteiger partial charge in [-0.05, 0) is 12.3 Å². The summed E-state index contributed by atoms with van der Waals surface area (Å²) in [7, 11) is 0. The summed E-state index contributed by atoms with van der Waals surface area (Å²) in [4.78, 5) is 21.1. The second-order valence-electron chi connectivity index (χ2n) is 4.75. The van der Waals surface area contributed by atoms with Gasteiger partial charge in [0.15, 0.2) is 0 Å². The summed E-state index contributed by atoms with van der Waals surface area (Å²) in [6.07, 6.45) is 1.76. The van der Waals surface area contributed by atoms with Crippen LogP contribution in [0, 0.1) is 11.8 Å². The SMILES string of the molecule is CC.CC(C)CNC(=O)C(C)C.O=C1CCCN1. The van der Waals surface area contributed by atoms with Crippen molar-refractivity contribution in [1.29, 1.82) is 0 Å². The lowest BCUT2D eigenvalue weighted by Gasteiger charge is -2.08. The molecule has 0 spiro atoms. The van der Waals surface area contributed by atoms with E-state index in [0.717, 1.165) is 25.9 Å². The zero-order valence-electron chi connectivity index (χ0n) is 12.8. The maximum atomic E-state index is 10.9. The zero-order valence-corrected chi connectivity index (χ0v) is 12.8. The van der Waals surface area contributed by atoms with Crippen LogP contribution in [0.15, 0.2) is 0 Å². The highest BCUT2D eigenvalue weighted by atomic mass is 16.2.